The minimum Gasteiger partial charge on any atom is -0.397 e. The fourth-order valence-corrected chi connectivity index (χ4v) is 2.42. The van der Waals surface area contributed by atoms with E-state index in [1.165, 1.54) is 6.20 Å². The highest BCUT2D eigenvalue weighted by Gasteiger charge is 2.39. The second-order valence-corrected chi connectivity index (χ2v) is 4.84. The Labute approximate surface area is 116 Å². The number of hydrogen-bond donors (Lipinski definition) is 1. The summed E-state index contributed by atoms with van der Waals surface area (Å²) in [7, 11) is 0. The molecule has 0 spiro atoms. The zero-order chi connectivity index (χ0) is 14.4. The summed E-state index contributed by atoms with van der Waals surface area (Å²) in [5.74, 6) is -0.365. The molecule has 2 amide bonds. The molecule has 0 fully saturated rings. The van der Waals surface area contributed by atoms with E-state index in [9.17, 15) is 9.59 Å². The molecule has 5 nitrogen and oxygen atoms in total. The molecule has 0 saturated heterocycles. The van der Waals surface area contributed by atoms with E-state index in [0.29, 0.717) is 22.6 Å². The molecule has 2 aromatic rings. The number of carbonyl (C=O) groups excluding carboxylic acids is 2. The summed E-state index contributed by atoms with van der Waals surface area (Å²) in [5, 5.41) is 0. The number of pyridine rings is 1. The average molecular weight is 267 g/mol. The molecule has 5 heteroatoms. The van der Waals surface area contributed by atoms with E-state index in [4.69, 9.17) is 5.73 Å². The molecule has 0 aliphatic carbocycles. The lowest BCUT2D eigenvalue weighted by atomic mass is 9.99. The lowest BCUT2D eigenvalue weighted by Crippen LogP contribution is -2.30. The van der Waals surface area contributed by atoms with E-state index in [1.54, 1.807) is 12.1 Å². The number of imide groups is 1. The SMILES string of the molecule is Cc1ccc(C)c2c1C(=O)N(c1ccc(N)cn1)C2=O. The molecule has 1 aromatic heterocycles. The monoisotopic (exact) mass is 267 g/mol. The molecule has 3 rings (SSSR count). The van der Waals surface area contributed by atoms with Crippen molar-refractivity contribution in [3.05, 3.63) is 52.7 Å². The van der Waals surface area contributed by atoms with Crippen LogP contribution in [0.4, 0.5) is 11.5 Å². The van der Waals surface area contributed by atoms with Crippen LogP contribution in [0.15, 0.2) is 30.5 Å². The predicted octanol–water partition coefficient (Wildman–Crippen LogP) is 2.08. The molecule has 0 unspecified atom stereocenters. The first-order valence-electron chi connectivity index (χ1n) is 6.21. The Morgan fingerprint density at radius 3 is 1.95 bits per heavy atom. The Balaban J connectivity index is 2.17. The Morgan fingerprint density at radius 1 is 0.950 bits per heavy atom. The standard InChI is InChI=1S/C15H13N3O2/c1-8-3-4-9(2)13-12(8)14(19)18(15(13)20)11-6-5-10(16)7-17-11/h3-7H,16H2,1-2H3. The van der Waals surface area contributed by atoms with E-state index in [0.717, 1.165) is 16.0 Å². The van der Waals surface area contributed by atoms with Crippen molar-refractivity contribution < 1.29 is 9.59 Å². The van der Waals surface area contributed by atoms with Crippen molar-refractivity contribution in [1.82, 2.24) is 4.98 Å². The van der Waals surface area contributed by atoms with E-state index in [1.807, 2.05) is 26.0 Å². The van der Waals surface area contributed by atoms with Crippen LogP contribution < -0.4 is 10.6 Å². The molecule has 0 bridgehead atoms. The summed E-state index contributed by atoms with van der Waals surface area (Å²) < 4.78 is 0. The predicted molar refractivity (Wildman–Crippen MR) is 75.7 cm³/mol. The number of carbonyl (C=O) groups is 2. The molecule has 0 atom stereocenters. The second-order valence-electron chi connectivity index (χ2n) is 4.84. The fourth-order valence-electron chi connectivity index (χ4n) is 2.42. The molecule has 2 heterocycles. The van der Waals surface area contributed by atoms with Gasteiger partial charge in [-0.15, -0.1) is 0 Å². The smallest absolute Gasteiger partial charge is 0.267 e. The van der Waals surface area contributed by atoms with E-state index >= 15 is 0 Å². The van der Waals surface area contributed by atoms with Gasteiger partial charge in [0.05, 0.1) is 23.0 Å². The zero-order valence-corrected chi connectivity index (χ0v) is 11.2. The minimum atomic E-state index is -0.330. The molecule has 1 aliphatic rings. The van der Waals surface area contributed by atoms with Crippen molar-refractivity contribution in [3.8, 4) is 0 Å². The van der Waals surface area contributed by atoms with Crippen LogP contribution in [0.5, 0.6) is 0 Å². The number of hydrogen-bond acceptors (Lipinski definition) is 4. The molecule has 20 heavy (non-hydrogen) atoms. The number of nitrogens with two attached hydrogens (primary N) is 1. The van der Waals surface area contributed by atoms with Crippen LogP contribution in [0.1, 0.15) is 31.8 Å². The van der Waals surface area contributed by atoms with Gasteiger partial charge >= 0.3 is 0 Å². The third-order valence-corrected chi connectivity index (χ3v) is 3.46. The summed E-state index contributed by atoms with van der Waals surface area (Å²) in [6.45, 7) is 3.65. The van der Waals surface area contributed by atoms with Gasteiger partial charge in [0.1, 0.15) is 5.82 Å². The normalized spacial score (nSPS) is 13.8. The summed E-state index contributed by atoms with van der Waals surface area (Å²) in [5.41, 5.74) is 8.58. The molecule has 0 radical (unpaired) electrons. The van der Waals surface area contributed by atoms with Gasteiger partial charge in [-0.25, -0.2) is 9.88 Å². The molecule has 100 valence electrons. The maximum Gasteiger partial charge on any atom is 0.267 e. The molecule has 1 aromatic carbocycles. The molecule has 2 N–H and O–H groups in total. The van der Waals surface area contributed by atoms with Crippen molar-refractivity contribution in [1.29, 1.82) is 0 Å². The first kappa shape index (κ1) is 12.3. The number of nitrogen functional groups attached to an aromatic ring is 1. The van der Waals surface area contributed by atoms with Gasteiger partial charge in [0.2, 0.25) is 0 Å². The van der Waals surface area contributed by atoms with E-state index < -0.39 is 0 Å². The maximum atomic E-state index is 12.5. The minimum absolute atomic E-state index is 0.296. The second kappa shape index (κ2) is 4.16. The first-order chi connectivity index (χ1) is 9.50. The van der Waals surface area contributed by atoms with Gasteiger partial charge in [-0.2, -0.15) is 0 Å². The van der Waals surface area contributed by atoms with Crippen molar-refractivity contribution in [2.24, 2.45) is 0 Å². The quantitative estimate of drug-likeness (QED) is 0.802. The number of anilines is 2. The number of fused-ring (bicyclic) bond motifs is 1. The van der Waals surface area contributed by atoms with Gasteiger partial charge < -0.3 is 5.73 Å². The summed E-state index contributed by atoms with van der Waals surface area (Å²) >= 11 is 0. The maximum absolute atomic E-state index is 12.5. The van der Waals surface area contributed by atoms with Crippen LogP contribution in [0.25, 0.3) is 0 Å². The molecule has 1 aliphatic heterocycles. The Bertz CT molecular complexity index is 695. The fraction of sp³-hybridized carbons (Fsp3) is 0.133. The summed E-state index contributed by atoms with van der Waals surface area (Å²) in [4.78, 5) is 30.2. The molecule has 0 saturated carbocycles. The first-order valence-corrected chi connectivity index (χ1v) is 6.21. The average Bonchev–Trinajstić information content (AvgIpc) is 2.69. The topological polar surface area (TPSA) is 76.3 Å². The number of amides is 2. The van der Waals surface area contributed by atoms with Crippen LogP contribution in [-0.4, -0.2) is 16.8 Å². The lowest BCUT2D eigenvalue weighted by molar-refractivity contribution is 0.0925. The third-order valence-electron chi connectivity index (χ3n) is 3.46. The molecular weight excluding hydrogens is 254 g/mol. The van der Waals surface area contributed by atoms with Gasteiger partial charge in [-0.3, -0.25) is 9.59 Å². The number of nitrogens with zero attached hydrogens (tertiary/aromatic N) is 2. The highest BCUT2D eigenvalue weighted by molar-refractivity contribution is 6.35. The lowest BCUT2D eigenvalue weighted by Gasteiger charge is -2.12. The van der Waals surface area contributed by atoms with Crippen LogP contribution >= 0.6 is 0 Å². The van der Waals surface area contributed by atoms with Gasteiger partial charge in [-0.1, -0.05) is 12.1 Å². The third kappa shape index (κ3) is 1.60. The van der Waals surface area contributed by atoms with Gasteiger partial charge in [0.15, 0.2) is 0 Å². The Hall–Kier alpha value is -2.69. The number of benzene rings is 1. The highest BCUT2D eigenvalue weighted by atomic mass is 16.2. The Morgan fingerprint density at radius 2 is 1.50 bits per heavy atom. The van der Waals surface area contributed by atoms with Gasteiger partial charge in [-0.05, 0) is 37.1 Å². The zero-order valence-electron chi connectivity index (χ0n) is 11.2. The molecular formula is C15H13N3O2. The largest absolute Gasteiger partial charge is 0.397 e. The van der Waals surface area contributed by atoms with E-state index in [-0.39, 0.29) is 11.8 Å². The highest BCUT2D eigenvalue weighted by Crippen LogP contribution is 2.31. The van der Waals surface area contributed by atoms with Crippen LogP contribution in [-0.2, 0) is 0 Å². The van der Waals surface area contributed by atoms with Crippen molar-refractivity contribution in [3.63, 3.8) is 0 Å². The number of rotatable bonds is 1. The van der Waals surface area contributed by atoms with Crippen molar-refractivity contribution >= 4 is 23.3 Å². The number of aryl methyl sites for hydroxylation is 2. The van der Waals surface area contributed by atoms with E-state index in [2.05, 4.69) is 4.98 Å². The van der Waals surface area contributed by atoms with Crippen molar-refractivity contribution in [2.45, 2.75) is 13.8 Å². The van der Waals surface area contributed by atoms with Gasteiger partial charge in [0, 0.05) is 0 Å². The summed E-state index contributed by atoms with van der Waals surface area (Å²) in [6, 6.07) is 6.88. The van der Waals surface area contributed by atoms with Crippen LogP contribution in [0, 0.1) is 13.8 Å². The number of aromatic nitrogens is 1. The van der Waals surface area contributed by atoms with Gasteiger partial charge in [0.25, 0.3) is 11.8 Å². The van der Waals surface area contributed by atoms with Crippen LogP contribution in [0.2, 0.25) is 0 Å². The van der Waals surface area contributed by atoms with Crippen LogP contribution in [0.3, 0.4) is 0 Å². The summed E-state index contributed by atoms with van der Waals surface area (Å²) in [6.07, 6.45) is 1.43. The Kier molecular flexibility index (Phi) is 2.57. The van der Waals surface area contributed by atoms with Crippen molar-refractivity contribution in [2.75, 3.05) is 10.6 Å².